The Hall–Kier alpha value is -0.890. The number of aryl methyl sites for hydroxylation is 1. The van der Waals surface area contributed by atoms with E-state index >= 15 is 0 Å². The molecule has 1 nitrogen and oxygen atoms in total. The molecule has 0 spiro atoms. The van der Waals surface area contributed by atoms with Crippen LogP contribution in [0.2, 0.25) is 0 Å². The Labute approximate surface area is 110 Å². The molecule has 0 heterocycles. The number of benzene rings is 1. The van der Waals surface area contributed by atoms with E-state index in [0.29, 0.717) is 5.92 Å². The normalized spacial score (nSPS) is 26.0. The maximum atomic E-state index is 14.1. The summed E-state index contributed by atoms with van der Waals surface area (Å²) in [6.45, 7) is 4.24. The van der Waals surface area contributed by atoms with E-state index in [1.54, 1.807) is 6.07 Å². The fourth-order valence-electron chi connectivity index (χ4n) is 3.31. The van der Waals surface area contributed by atoms with Gasteiger partial charge in [-0.2, -0.15) is 0 Å². The Morgan fingerprint density at radius 1 is 1.33 bits per heavy atom. The Balaban J connectivity index is 2.21. The molecule has 1 N–H and O–H groups in total. The first-order chi connectivity index (χ1) is 8.61. The van der Waals surface area contributed by atoms with Crippen LogP contribution in [0, 0.1) is 24.6 Å². The van der Waals surface area contributed by atoms with Gasteiger partial charge in [-0.3, -0.25) is 0 Å². The van der Waals surface area contributed by atoms with Crippen molar-refractivity contribution < 1.29 is 4.39 Å². The highest BCUT2D eigenvalue weighted by molar-refractivity contribution is 5.26. The van der Waals surface area contributed by atoms with Gasteiger partial charge in [-0.15, -0.1) is 0 Å². The molecule has 3 unspecified atom stereocenters. The summed E-state index contributed by atoms with van der Waals surface area (Å²) in [4.78, 5) is 0. The van der Waals surface area contributed by atoms with Crippen LogP contribution in [0.3, 0.4) is 0 Å². The Morgan fingerprint density at radius 2 is 2.11 bits per heavy atom. The number of hydrogen-bond donors (Lipinski definition) is 1. The maximum absolute atomic E-state index is 14.1. The monoisotopic (exact) mass is 249 g/mol. The quantitative estimate of drug-likeness (QED) is 0.845. The van der Waals surface area contributed by atoms with Crippen molar-refractivity contribution in [3.63, 3.8) is 0 Å². The first-order valence-corrected chi connectivity index (χ1v) is 7.05. The highest BCUT2D eigenvalue weighted by atomic mass is 19.1. The predicted molar refractivity (Wildman–Crippen MR) is 74.1 cm³/mol. The van der Waals surface area contributed by atoms with Crippen LogP contribution in [0.15, 0.2) is 18.2 Å². The molecule has 0 aromatic heterocycles. The molecular formula is C16H24FN. The molecule has 1 aliphatic rings. The first-order valence-electron chi connectivity index (χ1n) is 7.05. The van der Waals surface area contributed by atoms with Gasteiger partial charge >= 0.3 is 0 Å². The van der Waals surface area contributed by atoms with Crippen LogP contribution in [0.5, 0.6) is 0 Å². The molecular weight excluding hydrogens is 225 g/mol. The van der Waals surface area contributed by atoms with Crippen molar-refractivity contribution in [3.8, 4) is 0 Å². The van der Waals surface area contributed by atoms with E-state index in [2.05, 4.69) is 12.2 Å². The van der Waals surface area contributed by atoms with Gasteiger partial charge in [-0.1, -0.05) is 31.9 Å². The van der Waals surface area contributed by atoms with E-state index in [1.165, 1.54) is 25.7 Å². The van der Waals surface area contributed by atoms with Gasteiger partial charge in [-0.05, 0) is 50.3 Å². The molecule has 100 valence electrons. The largest absolute Gasteiger partial charge is 0.313 e. The molecule has 2 rings (SSSR count). The molecule has 2 heteroatoms. The van der Waals surface area contributed by atoms with E-state index in [4.69, 9.17) is 0 Å². The molecule has 1 aromatic rings. The van der Waals surface area contributed by atoms with Gasteiger partial charge in [0.1, 0.15) is 5.82 Å². The molecule has 1 aliphatic carbocycles. The minimum atomic E-state index is -0.0624. The summed E-state index contributed by atoms with van der Waals surface area (Å²) in [5, 5.41) is 3.33. The standard InChI is InChI=1S/C16H24FN/c1-11-5-4-6-13(9-11)16(18-3)14-8-7-12(2)10-15(14)17/h7-8,10-11,13,16,18H,4-6,9H2,1-3H3. The average Bonchev–Trinajstić information content (AvgIpc) is 2.33. The van der Waals surface area contributed by atoms with E-state index in [1.807, 2.05) is 26.1 Å². The third-order valence-electron chi connectivity index (χ3n) is 4.25. The first kappa shape index (κ1) is 13.5. The molecule has 0 aliphatic heterocycles. The second kappa shape index (κ2) is 5.83. The molecule has 3 atom stereocenters. The molecule has 18 heavy (non-hydrogen) atoms. The molecule has 0 saturated heterocycles. The third kappa shape index (κ3) is 2.92. The molecule has 0 radical (unpaired) electrons. The van der Waals surface area contributed by atoms with E-state index in [-0.39, 0.29) is 11.9 Å². The highest BCUT2D eigenvalue weighted by Crippen LogP contribution is 2.37. The SMILES string of the molecule is CNC(c1ccc(C)cc1F)C1CCCC(C)C1. The van der Waals surface area contributed by atoms with Crippen molar-refractivity contribution in [2.45, 2.75) is 45.6 Å². The fraction of sp³-hybridized carbons (Fsp3) is 0.625. The summed E-state index contributed by atoms with van der Waals surface area (Å²) in [7, 11) is 1.95. The number of nitrogens with one attached hydrogen (secondary N) is 1. The third-order valence-corrected chi connectivity index (χ3v) is 4.25. The van der Waals surface area contributed by atoms with Crippen LogP contribution in [-0.4, -0.2) is 7.05 Å². The van der Waals surface area contributed by atoms with Crippen molar-refractivity contribution in [1.29, 1.82) is 0 Å². The lowest BCUT2D eigenvalue weighted by molar-refractivity contribution is 0.227. The van der Waals surface area contributed by atoms with Crippen molar-refractivity contribution in [2.75, 3.05) is 7.05 Å². The zero-order valence-corrected chi connectivity index (χ0v) is 11.7. The summed E-state index contributed by atoms with van der Waals surface area (Å²) in [6, 6.07) is 5.76. The van der Waals surface area contributed by atoms with E-state index < -0.39 is 0 Å². The summed E-state index contributed by atoms with van der Waals surface area (Å²) in [5.74, 6) is 1.27. The Morgan fingerprint density at radius 3 is 2.72 bits per heavy atom. The molecule has 0 amide bonds. The van der Waals surface area contributed by atoms with Crippen LogP contribution in [-0.2, 0) is 0 Å². The number of halogens is 1. The lowest BCUT2D eigenvalue weighted by Gasteiger charge is -2.33. The summed E-state index contributed by atoms with van der Waals surface area (Å²) < 4.78 is 14.1. The van der Waals surface area contributed by atoms with Gasteiger partial charge in [0, 0.05) is 11.6 Å². The zero-order valence-electron chi connectivity index (χ0n) is 11.7. The summed E-state index contributed by atoms with van der Waals surface area (Å²) >= 11 is 0. The topological polar surface area (TPSA) is 12.0 Å². The van der Waals surface area contributed by atoms with Crippen molar-refractivity contribution in [1.82, 2.24) is 5.32 Å². The Kier molecular flexibility index (Phi) is 4.39. The zero-order chi connectivity index (χ0) is 13.1. The van der Waals surface area contributed by atoms with Crippen molar-refractivity contribution in [3.05, 3.63) is 35.1 Å². The van der Waals surface area contributed by atoms with Crippen LogP contribution in [0.1, 0.15) is 49.8 Å². The smallest absolute Gasteiger partial charge is 0.128 e. The second-order valence-corrected chi connectivity index (χ2v) is 5.82. The summed E-state index contributed by atoms with van der Waals surface area (Å²) in [6.07, 6.45) is 5.02. The van der Waals surface area contributed by atoms with Crippen molar-refractivity contribution >= 4 is 0 Å². The Bertz CT molecular complexity index is 402. The van der Waals surface area contributed by atoms with Crippen LogP contribution >= 0.6 is 0 Å². The lowest BCUT2D eigenvalue weighted by Crippen LogP contribution is -2.29. The van der Waals surface area contributed by atoms with Crippen LogP contribution in [0.25, 0.3) is 0 Å². The predicted octanol–water partition coefficient (Wildman–Crippen LogP) is 4.22. The second-order valence-electron chi connectivity index (χ2n) is 5.82. The lowest BCUT2D eigenvalue weighted by atomic mass is 9.76. The minimum absolute atomic E-state index is 0.0624. The van der Waals surface area contributed by atoms with Gasteiger partial charge in [0.05, 0.1) is 0 Å². The van der Waals surface area contributed by atoms with Crippen LogP contribution < -0.4 is 5.32 Å². The maximum Gasteiger partial charge on any atom is 0.128 e. The molecule has 1 saturated carbocycles. The molecule has 0 bridgehead atoms. The minimum Gasteiger partial charge on any atom is -0.313 e. The highest BCUT2D eigenvalue weighted by Gasteiger charge is 2.28. The van der Waals surface area contributed by atoms with Crippen molar-refractivity contribution in [2.24, 2.45) is 11.8 Å². The molecule has 1 fully saturated rings. The van der Waals surface area contributed by atoms with E-state index in [9.17, 15) is 4.39 Å². The van der Waals surface area contributed by atoms with Gasteiger partial charge in [0.2, 0.25) is 0 Å². The number of hydrogen-bond acceptors (Lipinski definition) is 1. The van der Waals surface area contributed by atoms with Crippen LogP contribution in [0.4, 0.5) is 4.39 Å². The number of rotatable bonds is 3. The van der Waals surface area contributed by atoms with Gasteiger partial charge in [0.15, 0.2) is 0 Å². The summed E-state index contributed by atoms with van der Waals surface area (Å²) in [5.41, 5.74) is 1.82. The van der Waals surface area contributed by atoms with Gasteiger partial charge < -0.3 is 5.32 Å². The van der Waals surface area contributed by atoms with Gasteiger partial charge in [-0.25, -0.2) is 4.39 Å². The van der Waals surface area contributed by atoms with E-state index in [0.717, 1.165) is 17.0 Å². The fourth-order valence-corrected chi connectivity index (χ4v) is 3.31. The molecule has 1 aromatic carbocycles. The van der Waals surface area contributed by atoms with Gasteiger partial charge in [0.25, 0.3) is 0 Å². The average molecular weight is 249 g/mol.